The second kappa shape index (κ2) is 6.93. The van der Waals surface area contributed by atoms with Crippen molar-refractivity contribution >= 4 is 12.4 Å². The third-order valence-electron chi connectivity index (χ3n) is 2.92. The smallest absolute Gasteiger partial charge is 0.229 e. The molecule has 0 aliphatic carbocycles. The molecular formula is C11H20ClN3O2. The first-order valence-electron chi connectivity index (χ1n) is 5.88. The quantitative estimate of drug-likeness (QED) is 0.867. The van der Waals surface area contributed by atoms with Gasteiger partial charge >= 0.3 is 0 Å². The van der Waals surface area contributed by atoms with Gasteiger partial charge in [-0.25, -0.2) is 0 Å². The van der Waals surface area contributed by atoms with Gasteiger partial charge in [0.05, 0.1) is 12.5 Å². The Morgan fingerprint density at radius 3 is 3.00 bits per heavy atom. The van der Waals surface area contributed by atoms with Crippen molar-refractivity contribution in [3.63, 3.8) is 0 Å². The Kier molecular flexibility index (Phi) is 5.88. The molecule has 1 aliphatic heterocycles. The second-order valence-corrected chi connectivity index (χ2v) is 4.34. The van der Waals surface area contributed by atoms with Crippen molar-refractivity contribution in [1.82, 2.24) is 15.5 Å². The van der Waals surface area contributed by atoms with Gasteiger partial charge < -0.3 is 14.6 Å². The van der Waals surface area contributed by atoms with Crippen molar-refractivity contribution in [1.29, 1.82) is 0 Å². The highest BCUT2D eigenvalue weighted by molar-refractivity contribution is 5.85. The number of halogens is 1. The van der Waals surface area contributed by atoms with E-state index >= 15 is 0 Å². The van der Waals surface area contributed by atoms with E-state index in [-0.39, 0.29) is 18.5 Å². The summed E-state index contributed by atoms with van der Waals surface area (Å²) in [6, 6.07) is 0.369. The minimum absolute atomic E-state index is 0. The lowest BCUT2D eigenvalue weighted by atomic mass is 10.2. The SMILES string of the molecule is CNC(C)Cc1noc(CC2CCCO2)n1.Cl. The standard InChI is InChI=1S/C11H19N3O2.ClH/c1-8(12-2)6-10-13-11(16-14-10)7-9-4-3-5-15-9;/h8-9,12H,3-7H2,1-2H3;1H. The Morgan fingerprint density at radius 2 is 2.35 bits per heavy atom. The van der Waals surface area contributed by atoms with Crippen LogP contribution in [-0.2, 0) is 17.6 Å². The van der Waals surface area contributed by atoms with E-state index in [1.165, 1.54) is 0 Å². The summed E-state index contributed by atoms with van der Waals surface area (Å²) in [5.41, 5.74) is 0. The van der Waals surface area contributed by atoms with E-state index in [1.54, 1.807) is 0 Å². The maximum atomic E-state index is 5.53. The highest BCUT2D eigenvalue weighted by Crippen LogP contribution is 2.16. The Morgan fingerprint density at radius 1 is 1.53 bits per heavy atom. The van der Waals surface area contributed by atoms with Gasteiger partial charge in [0.2, 0.25) is 5.89 Å². The molecule has 6 heteroatoms. The third-order valence-corrected chi connectivity index (χ3v) is 2.92. The molecule has 1 aromatic rings. The summed E-state index contributed by atoms with van der Waals surface area (Å²) in [5.74, 6) is 1.47. The number of nitrogens with zero attached hydrogens (tertiary/aromatic N) is 2. The number of aromatic nitrogens is 2. The number of hydrogen-bond donors (Lipinski definition) is 1. The molecule has 1 aliphatic rings. The van der Waals surface area contributed by atoms with Gasteiger partial charge in [-0.1, -0.05) is 5.16 Å². The first kappa shape index (κ1) is 14.4. The molecule has 0 radical (unpaired) electrons. The third kappa shape index (κ3) is 4.26. The molecule has 0 bridgehead atoms. The number of rotatable bonds is 5. The molecule has 0 saturated carbocycles. The normalized spacial score (nSPS) is 21.2. The second-order valence-electron chi connectivity index (χ2n) is 4.34. The summed E-state index contributed by atoms with van der Waals surface area (Å²) >= 11 is 0. The molecule has 0 aromatic carbocycles. The van der Waals surface area contributed by atoms with Gasteiger partial charge in [-0.15, -0.1) is 12.4 Å². The summed E-state index contributed by atoms with van der Waals surface area (Å²) in [5, 5.41) is 7.11. The molecule has 98 valence electrons. The molecule has 2 atom stereocenters. The molecular weight excluding hydrogens is 242 g/mol. The fourth-order valence-corrected chi connectivity index (χ4v) is 1.83. The van der Waals surface area contributed by atoms with Gasteiger partial charge in [-0.3, -0.25) is 0 Å². The largest absolute Gasteiger partial charge is 0.378 e. The molecule has 0 amide bonds. The van der Waals surface area contributed by atoms with Gasteiger partial charge in [-0.2, -0.15) is 4.98 Å². The van der Waals surface area contributed by atoms with Crippen molar-refractivity contribution in [3.05, 3.63) is 11.7 Å². The molecule has 17 heavy (non-hydrogen) atoms. The highest BCUT2D eigenvalue weighted by Gasteiger charge is 2.19. The molecule has 2 heterocycles. The average Bonchev–Trinajstić information content (AvgIpc) is 2.91. The zero-order valence-corrected chi connectivity index (χ0v) is 11.1. The maximum Gasteiger partial charge on any atom is 0.229 e. The van der Waals surface area contributed by atoms with Crippen molar-refractivity contribution in [3.8, 4) is 0 Å². The summed E-state index contributed by atoms with van der Waals surface area (Å²) in [4.78, 5) is 4.36. The van der Waals surface area contributed by atoms with Crippen molar-refractivity contribution in [2.45, 2.75) is 44.8 Å². The van der Waals surface area contributed by atoms with Crippen LogP contribution in [0.3, 0.4) is 0 Å². The summed E-state index contributed by atoms with van der Waals surface area (Å²) in [6.07, 6.45) is 4.06. The predicted molar refractivity (Wildman–Crippen MR) is 66.4 cm³/mol. The van der Waals surface area contributed by atoms with E-state index in [9.17, 15) is 0 Å². The molecule has 1 fully saturated rings. The number of likely N-dealkylation sites (N-methyl/N-ethyl adjacent to an activating group) is 1. The lowest BCUT2D eigenvalue weighted by molar-refractivity contribution is 0.104. The van der Waals surface area contributed by atoms with Crippen molar-refractivity contribution in [2.24, 2.45) is 0 Å². The summed E-state index contributed by atoms with van der Waals surface area (Å²) in [7, 11) is 1.93. The number of nitrogens with one attached hydrogen (secondary N) is 1. The monoisotopic (exact) mass is 261 g/mol. The Bertz CT molecular complexity index is 326. The van der Waals surface area contributed by atoms with Crippen LogP contribution in [0.5, 0.6) is 0 Å². The van der Waals surface area contributed by atoms with E-state index in [0.29, 0.717) is 11.9 Å². The first-order valence-corrected chi connectivity index (χ1v) is 5.88. The number of hydrogen-bond acceptors (Lipinski definition) is 5. The zero-order chi connectivity index (χ0) is 11.4. The highest BCUT2D eigenvalue weighted by atomic mass is 35.5. The zero-order valence-electron chi connectivity index (χ0n) is 10.3. The minimum Gasteiger partial charge on any atom is -0.378 e. The number of ether oxygens (including phenoxy) is 1. The molecule has 1 saturated heterocycles. The Hall–Kier alpha value is -0.650. The van der Waals surface area contributed by atoms with Crippen LogP contribution >= 0.6 is 12.4 Å². The van der Waals surface area contributed by atoms with Gasteiger partial charge in [0, 0.05) is 19.1 Å². The molecule has 1 N–H and O–H groups in total. The molecule has 0 spiro atoms. The Balaban J connectivity index is 0.00000144. The van der Waals surface area contributed by atoms with Crippen LogP contribution in [0.1, 0.15) is 31.5 Å². The average molecular weight is 262 g/mol. The van der Waals surface area contributed by atoms with Gasteiger partial charge in [0.1, 0.15) is 0 Å². The molecule has 1 aromatic heterocycles. The molecule has 2 unspecified atom stereocenters. The maximum absolute atomic E-state index is 5.53. The van der Waals surface area contributed by atoms with Crippen LogP contribution in [0.15, 0.2) is 4.52 Å². The minimum atomic E-state index is 0. The van der Waals surface area contributed by atoms with Gasteiger partial charge in [0.25, 0.3) is 0 Å². The lowest BCUT2D eigenvalue weighted by Crippen LogP contribution is -2.24. The van der Waals surface area contributed by atoms with Crippen molar-refractivity contribution < 1.29 is 9.26 Å². The van der Waals surface area contributed by atoms with Crippen LogP contribution in [0.25, 0.3) is 0 Å². The molecule has 2 rings (SSSR count). The van der Waals surface area contributed by atoms with E-state index in [4.69, 9.17) is 9.26 Å². The fourth-order valence-electron chi connectivity index (χ4n) is 1.83. The van der Waals surface area contributed by atoms with Crippen LogP contribution in [0, 0.1) is 0 Å². The fraction of sp³-hybridized carbons (Fsp3) is 0.818. The van der Waals surface area contributed by atoms with Crippen molar-refractivity contribution in [2.75, 3.05) is 13.7 Å². The van der Waals surface area contributed by atoms with E-state index in [2.05, 4.69) is 22.4 Å². The van der Waals surface area contributed by atoms with Crippen LogP contribution < -0.4 is 5.32 Å². The first-order chi connectivity index (χ1) is 7.78. The van der Waals surface area contributed by atoms with E-state index in [0.717, 1.165) is 38.1 Å². The summed E-state index contributed by atoms with van der Waals surface area (Å²) < 4.78 is 10.7. The predicted octanol–water partition coefficient (Wildman–Crippen LogP) is 1.36. The lowest BCUT2D eigenvalue weighted by Gasteiger charge is -2.05. The molecule has 5 nitrogen and oxygen atoms in total. The van der Waals surface area contributed by atoms with Gasteiger partial charge in [-0.05, 0) is 26.8 Å². The Labute approximate surface area is 108 Å². The van der Waals surface area contributed by atoms with Gasteiger partial charge in [0.15, 0.2) is 5.82 Å². The van der Waals surface area contributed by atoms with E-state index in [1.807, 2.05) is 7.05 Å². The topological polar surface area (TPSA) is 60.2 Å². The van der Waals surface area contributed by atoms with Crippen LogP contribution in [0.2, 0.25) is 0 Å². The van der Waals surface area contributed by atoms with Crippen LogP contribution in [0.4, 0.5) is 0 Å². The van der Waals surface area contributed by atoms with Crippen LogP contribution in [-0.4, -0.2) is 35.9 Å². The van der Waals surface area contributed by atoms with E-state index < -0.39 is 0 Å². The summed E-state index contributed by atoms with van der Waals surface area (Å²) in [6.45, 7) is 2.96.